The molecule has 2 aromatic rings. The number of carbonyl (C=O) groups excluding carboxylic acids is 1. The predicted molar refractivity (Wildman–Crippen MR) is 87.0 cm³/mol. The van der Waals surface area contributed by atoms with Crippen LogP contribution in [0.1, 0.15) is 18.1 Å². The van der Waals surface area contributed by atoms with E-state index in [0.29, 0.717) is 17.0 Å². The first-order valence-electron chi connectivity index (χ1n) is 7.25. The second kappa shape index (κ2) is 7.11. The highest BCUT2D eigenvalue weighted by Crippen LogP contribution is 2.18. The SMILES string of the molecule is Cc1cc(NC(=O)[C@](C)(O)COc2ccc(F)cc2)ccc1C#N. The fraction of sp³-hybridized carbons (Fsp3) is 0.222. The quantitative estimate of drug-likeness (QED) is 0.884. The summed E-state index contributed by atoms with van der Waals surface area (Å²) in [7, 11) is 0. The van der Waals surface area contributed by atoms with Gasteiger partial charge in [0.1, 0.15) is 18.2 Å². The van der Waals surface area contributed by atoms with Crippen LogP contribution >= 0.6 is 0 Å². The van der Waals surface area contributed by atoms with Crippen molar-refractivity contribution in [1.82, 2.24) is 0 Å². The molecule has 1 atom stereocenters. The lowest BCUT2D eigenvalue weighted by Gasteiger charge is -2.22. The highest BCUT2D eigenvalue weighted by molar-refractivity contribution is 5.97. The third-order valence-corrected chi connectivity index (χ3v) is 3.43. The zero-order valence-corrected chi connectivity index (χ0v) is 13.3. The first-order chi connectivity index (χ1) is 11.3. The Hall–Kier alpha value is -2.91. The van der Waals surface area contributed by atoms with Crippen LogP contribution in [-0.2, 0) is 4.79 Å². The molecule has 0 heterocycles. The molecule has 0 aromatic heterocycles. The van der Waals surface area contributed by atoms with Gasteiger partial charge in [-0.3, -0.25) is 4.79 Å². The van der Waals surface area contributed by atoms with Crippen molar-refractivity contribution in [2.24, 2.45) is 0 Å². The minimum absolute atomic E-state index is 0.292. The molecule has 5 nitrogen and oxygen atoms in total. The maximum Gasteiger partial charge on any atom is 0.259 e. The average molecular weight is 328 g/mol. The molecular formula is C18H17FN2O3. The second-order valence-corrected chi connectivity index (χ2v) is 5.61. The molecule has 0 aliphatic rings. The number of rotatable bonds is 5. The monoisotopic (exact) mass is 328 g/mol. The Kier molecular flexibility index (Phi) is 5.17. The number of aliphatic hydroxyl groups is 1. The Labute approximate surface area is 139 Å². The Bertz CT molecular complexity index is 780. The standard InChI is InChI=1S/C18H17FN2O3/c1-12-9-15(6-3-13(12)10-20)21-17(22)18(2,23)11-24-16-7-4-14(19)5-8-16/h3-9,23H,11H2,1-2H3,(H,21,22)/t18-/m1/s1. The van der Waals surface area contributed by atoms with Crippen LogP contribution < -0.4 is 10.1 Å². The first-order valence-corrected chi connectivity index (χ1v) is 7.25. The molecular weight excluding hydrogens is 311 g/mol. The van der Waals surface area contributed by atoms with Gasteiger partial charge in [0.25, 0.3) is 5.91 Å². The summed E-state index contributed by atoms with van der Waals surface area (Å²) in [5.41, 5.74) is -0.0774. The number of halogens is 1. The molecule has 0 fully saturated rings. The van der Waals surface area contributed by atoms with Gasteiger partial charge in [-0.25, -0.2) is 4.39 Å². The van der Waals surface area contributed by atoms with E-state index in [1.807, 2.05) is 6.07 Å². The number of hydrogen-bond acceptors (Lipinski definition) is 4. The Morgan fingerprint density at radius 1 is 1.33 bits per heavy atom. The van der Waals surface area contributed by atoms with Crippen molar-refractivity contribution < 1.29 is 19.0 Å². The molecule has 2 N–H and O–H groups in total. The third kappa shape index (κ3) is 4.31. The van der Waals surface area contributed by atoms with Crippen molar-refractivity contribution >= 4 is 11.6 Å². The third-order valence-electron chi connectivity index (χ3n) is 3.43. The van der Waals surface area contributed by atoms with E-state index in [1.54, 1.807) is 25.1 Å². The predicted octanol–water partition coefficient (Wildman–Crippen LogP) is 2.77. The van der Waals surface area contributed by atoms with Gasteiger partial charge in [0.15, 0.2) is 5.60 Å². The van der Waals surface area contributed by atoms with Crippen LogP contribution in [0.15, 0.2) is 42.5 Å². The molecule has 24 heavy (non-hydrogen) atoms. The number of carbonyl (C=O) groups is 1. The maximum atomic E-state index is 12.8. The Balaban J connectivity index is 2.00. The lowest BCUT2D eigenvalue weighted by Crippen LogP contribution is -2.45. The number of amides is 1. The normalized spacial score (nSPS) is 12.8. The molecule has 0 saturated carbocycles. The van der Waals surface area contributed by atoms with Gasteiger partial charge in [-0.05, 0) is 61.9 Å². The summed E-state index contributed by atoms with van der Waals surface area (Å²) in [6, 6.07) is 12.1. The number of benzene rings is 2. The largest absolute Gasteiger partial charge is 0.490 e. The maximum absolute atomic E-state index is 12.8. The van der Waals surface area contributed by atoms with Crippen molar-refractivity contribution in [2.45, 2.75) is 19.4 Å². The molecule has 2 rings (SSSR count). The lowest BCUT2D eigenvalue weighted by atomic mass is 10.1. The van der Waals surface area contributed by atoms with E-state index in [1.165, 1.54) is 31.2 Å². The molecule has 0 unspecified atom stereocenters. The Morgan fingerprint density at radius 2 is 2.00 bits per heavy atom. The van der Waals surface area contributed by atoms with Crippen LogP contribution in [0.2, 0.25) is 0 Å². The fourth-order valence-electron chi connectivity index (χ4n) is 1.95. The smallest absolute Gasteiger partial charge is 0.259 e. The summed E-state index contributed by atoms with van der Waals surface area (Å²) in [4.78, 5) is 12.2. The summed E-state index contributed by atoms with van der Waals surface area (Å²) in [6.45, 7) is 2.78. The van der Waals surface area contributed by atoms with Crippen molar-refractivity contribution in [3.8, 4) is 11.8 Å². The fourth-order valence-corrected chi connectivity index (χ4v) is 1.95. The van der Waals surface area contributed by atoms with Crippen molar-refractivity contribution in [3.05, 3.63) is 59.4 Å². The van der Waals surface area contributed by atoms with Crippen molar-refractivity contribution in [2.75, 3.05) is 11.9 Å². The highest BCUT2D eigenvalue weighted by Gasteiger charge is 2.31. The van der Waals surface area contributed by atoms with Crippen LogP contribution in [0.5, 0.6) is 5.75 Å². The Morgan fingerprint density at radius 3 is 2.58 bits per heavy atom. The molecule has 0 aliphatic carbocycles. The average Bonchev–Trinajstić information content (AvgIpc) is 2.54. The van der Waals surface area contributed by atoms with Crippen LogP contribution in [0, 0.1) is 24.1 Å². The molecule has 0 aliphatic heterocycles. The molecule has 0 bridgehead atoms. The molecule has 0 spiro atoms. The van der Waals surface area contributed by atoms with Gasteiger partial charge in [-0.2, -0.15) is 5.26 Å². The summed E-state index contributed by atoms with van der Waals surface area (Å²) in [5, 5.41) is 21.7. The van der Waals surface area contributed by atoms with E-state index in [9.17, 15) is 14.3 Å². The molecule has 1 amide bonds. The zero-order chi connectivity index (χ0) is 17.7. The van der Waals surface area contributed by atoms with Gasteiger partial charge in [-0.15, -0.1) is 0 Å². The summed E-state index contributed by atoms with van der Waals surface area (Å²) in [5.74, 6) is -0.699. The van der Waals surface area contributed by atoms with Gasteiger partial charge in [0.2, 0.25) is 0 Å². The van der Waals surface area contributed by atoms with E-state index < -0.39 is 17.3 Å². The summed E-state index contributed by atoms with van der Waals surface area (Å²) in [6.07, 6.45) is 0. The van der Waals surface area contributed by atoms with Crippen LogP contribution in [-0.4, -0.2) is 23.2 Å². The number of hydrogen-bond donors (Lipinski definition) is 2. The summed E-state index contributed by atoms with van der Waals surface area (Å²) < 4.78 is 18.2. The van der Waals surface area contributed by atoms with E-state index in [0.717, 1.165) is 5.56 Å². The van der Waals surface area contributed by atoms with Crippen LogP contribution in [0.4, 0.5) is 10.1 Å². The van der Waals surface area contributed by atoms with Gasteiger partial charge in [0, 0.05) is 5.69 Å². The number of nitriles is 1. The number of nitrogens with one attached hydrogen (secondary N) is 1. The minimum atomic E-state index is -1.78. The molecule has 0 saturated heterocycles. The summed E-state index contributed by atoms with van der Waals surface area (Å²) >= 11 is 0. The lowest BCUT2D eigenvalue weighted by molar-refractivity contribution is -0.135. The van der Waals surface area contributed by atoms with E-state index in [2.05, 4.69) is 5.32 Å². The zero-order valence-electron chi connectivity index (χ0n) is 13.3. The number of anilines is 1. The van der Waals surface area contributed by atoms with Crippen molar-refractivity contribution in [1.29, 1.82) is 5.26 Å². The number of ether oxygens (including phenoxy) is 1. The molecule has 0 radical (unpaired) electrons. The number of nitrogens with zero attached hydrogens (tertiary/aromatic N) is 1. The molecule has 124 valence electrons. The minimum Gasteiger partial charge on any atom is -0.490 e. The molecule has 6 heteroatoms. The van der Waals surface area contributed by atoms with E-state index >= 15 is 0 Å². The van der Waals surface area contributed by atoms with E-state index in [4.69, 9.17) is 10.00 Å². The highest BCUT2D eigenvalue weighted by atomic mass is 19.1. The number of aryl methyl sites for hydroxylation is 1. The first kappa shape index (κ1) is 17.4. The second-order valence-electron chi connectivity index (χ2n) is 5.61. The van der Waals surface area contributed by atoms with Crippen molar-refractivity contribution in [3.63, 3.8) is 0 Å². The van der Waals surface area contributed by atoms with Gasteiger partial charge in [-0.1, -0.05) is 0 Å². The van der Waals surface area contributed by atoms with E-state index in [-0.39, 0.29) is 6.61 Å². The van der Waals surface area contributed by atoms with Crippen LogP contribution in [0.3, 0.4) is 0 Å². The molecule has 2 aromatic carbocycles. The van der Waals surface area contributed by atoms with Gasteiger partial charge < -0.3 is 15.2 Å². The van der Waals surface area contributed by atoms with Crippen LogP contribution in [0.25, 0.3) is 0 Å². The van der Waals surface area contributed by atoms with Gasteiger partial charge >= 0.3 is 0 Å². The van der Waals surface area contributed by atoms with Gasteiger partial charge in [0.05, 0.1) is 11.6 Å². The topological polar surface area (TPSA) is 82.3 Å².